The van der Waals surface area contributed by atoms with Crippen LogP contribution in [0.1, 0.15) is 38.2 Å². The average Bonchev–Trinajstić information content (AvgIpc) is 3.38. The third-order valence-corrected chi connectivity index (χ3v) is 8.14. The van der Waals surface area contributed by atoms with Crippen LogP contribution in [0.3, 0.4) is 0 Å². The first-order valence-electron chi connectivity index (χ1n) is 12.1. The van der Waals surface area contributed by atoms with Crippen molar-refractivity contribution in [2.45, 2.75) is 51.2 Å². The van der Waals surface area contributed by atoms with E-state index in [0.717, 1.165) is 46.3 Å². The van der Waals surface area contributed by atoms with Crippen LogP contribution in [0.5, 0.6) is 11.5 Å². The van der Waals surface area contributed by atoms with Crippen molar-refractivity contribution in [3.63, 3.8) is 0 Å². The first-order valence-corrected chi connectivity index (χ1v) is 14.7. The summed E-state index contributed by atoms with van der Waals surface area (Å²) in [5.41, 5.74) is 1.06. The van der Waals surface area contributed by atoms with Crippen molar-refractivity contribution in [3.05, 3.63) is 52.5 Å². The van der Waals surface area contributed by atoms with E-state index in [0.29, 0.717) is 11.5 Å². The molecule has 1 N–H and O–H groups in total. The van der Waals surface area contributed by atoms with Gasteiger partial charge < -0.3 is 19.7 Å². The highest BCUT2D eigenvalue weighted by Gasteiger charge is 2.31. The average molecular weight is 597 g/mol. The van der Waals surface area contributed by atoms with Gasteiger partial charge >= 0.3 is 0 Å². The fraction of sp³-hybridized carbons (Fsp3) is 0.462. The predicted molar refractivity (Wildman–Crippen MR) is 146 cm³/mol. The van der Waals surface area contributed by atoms with Crippen LogP contribution in [0.25, 0.3) is 0 Å². The summed E-state index contributed by atoms with van der Waals surface area (Å²) in [6.45, 7) is 1.34. The van der Waals surface area contributed by atoms with Gasteiger partial charge in [0.05, 0.1) is 26.2 Å². The molecule has 1 atom stereocenters. The fourth-order valence-electron chi connectivity index (χ4n) is 4.35. The van der Waals surface area contributed by atoms with Gasteiger partial charge in [0.15, 0.2) is 11.5 Å². The zero-order valence-corrected chi connectivity index (χ0v) is 24.0. The Labute approximate surface area is 227 Å². The van der Waals surface area contributed by atoms with Gasteiger partial charge in [-0.15, -0.1) is 0 Å². The Morgan fingerprint density at radius 1 is 1.05 bits per heavy atom. The second kappa shape index (κ2) is 12.6. The number of hydrogen-bond donors (Lipinski definition) is 1. The molecule has 1 aliphatic carbocycles. The van der Waals surface area contributed by atoms with Gasteiger partial charge in [-0.25, -0.2) is 8.42 Å². The minimum absolute atomic E-state index is 0.0962. The van der Waals surface area contributed by atoms with E-state index in [9.17, 15) is 18.0 Å². The molecular formula is C26H34BrN3O6S. The lowest BCUT2D eigenvalue weighted by atomic mass is 10.1. The zero-order chi connectivity index (χ0) is 27.2. The summed E-state index contributed by atoms with van der Waals surface area (Å²) >= 11 is 3.41. The summed E-state index contributed by atoms with van der Waals surface area (Å²) in [5.74, 6) is 0.00353. The Kier molecular flexibility index (Phi) is 9.83. The highest BCUT2D eigenvalue weighted by molar-refractivity contribution is 9.10. The minimum atomic E-state index is -3.85. The number of ether oxygens (including phenoxy) is 2. The lowest BCUT2D eigenvalue weighted by molar-refractivity contribution is -0.139. The Bertz CT molecular complexity index is 1200. The molecule has 37 heavy (non-hydrogen) atoms. The summed E-state index contributed by atoms with van der Waals surface area (Å²) in [4.78, 5) is 28.2. The van der Waals surface area contributed by atoms with Gasteiger partial charge in [-0.1, -0.05) is 40.9 Å². The minimum Gasteiger partial charge on any atom is -0.493 e. The number of carbonyl (C=O) groups is 2. The molecule has 2 aromatic carbocycles. The molecule has 0 unspecified atom stereocenters. The summed E-state index contributed by atoms with van der Waals surface area (Å²) in [7, 11) is -0.925. The van der Waals surface area contributed by atoms with Gasteiger partial charge in [-0.05, 0) is 49.6 Å². The van der Waals surface area contributed by atoms with E-state index in [2.05, 4.69) is 21.2 Å². The maximum Gasteiger partial charge on any atom is 0.244 e. The van der Waals surface area contributed by atoms with Crippen LogP contribution >= 0.6 is 15.9 Å². The Morgan fingerprint density at radius 3 is 2.24 bits per heavy atom. The van der Waals surface area contributed by atoms with Crippen LogP contribution in [-0.2, 0) is 26.2 Å². The first kappa shape index (κ1) is 28.8. The molecule has 9 nitrogen and oxygen atoms in total. The lowest BCUT2D eigenvalue weighted by Crippen LogP contribution is -2.52. The van der Waals surface area contributed by atoms with E-state index in [-0.39, 0.29) is 24.2 Å². The SMILES string of the molecule is COc1ccc(N(CC(=O)N(Cc2ccc(Br)cc2)[C@@H](C)C(=O)NC2CCCC2)S(C)(=O)=O)cc1OC. The van der Waals surface area contributed by atoms with Crippen molar-refractivity contribution in [3.8, 4) is 11.5 Å². The molecular weight excluding hydrogens is 562 g/mol. The van der Waals surface area contributed by atoms with Crippen molar-refractivity contribution < 1.29 is 27.5 Å². The fourth-order valence-corrected chi connectivity index (χ4v) is 5.46. The molecule has 0 spiro atoms. The molecule has 0 heterocycles. The molecule has 0 saturated heterocycles. The molecule has 3 rings (SSSR count). The molecule has 0 aliphatic heterocycles. The summed E-state index contributed by atoms with van der Waals surface area (Å²) in [6.07, 6.45) is 5.00. The highest BCUT2D eigenvalue weighted by atomic mass is 79.9. The van der Waals surface area contributed by atoms with Crippen LogP contribution in [0.15, 0.2) is 46.9 Å². The highest BCUT2D eigenvalue weighted by Crippen LogP contribution is 2.32. The molecule has 2 amide bonds. The number of halogens is 1. The van der Waals surface area contributed by atoms with Crippen molar-refractivity contribution in [1.29, 1.82) is 0 Å². The molecule has 0 aromatic heterocycles. The van der Waals surface area contributed by atoms with Crippen LogP contribution in [-0.4, -0.2) is 64.2 Å². The van der Waals surface area contributed by atoms with Crippen molar-refractivity contribution in [2.75, 3.05) is 31.3 Å². The molecule has 11 heteroatoms. The third kappa shape index (κ3) is 7.61. The maximum absolute atomic E-state index is 13.7. The molecule has 0 bridgehead atoms. The number of methoxy groups -OCH3 is 2. The number of anilines is 1. The second-order valence-electron chi connectivity index (χ2n) is 9.12. The first-order chi connectivity index (χ1) is 17.5. The normalized spacial score (nSPS) is 14.6. The van der Waals surface area contributed by atoms with Crippen LogP contribution < -0.4 is 19.1 Å². The Morgan fingerprint density at radius 2 is 1.68 bits per heavy atom. The number of benzene rings is 2. The van der Waals surface area contributed by atoms with Gasteiger partial charge in [-0.2, -0.15) is 0 Å². The zero-order valence-electron chi connectivity index (χ0n) is 21.6. The van der Waals surface area contributed by atoms with Gasteiger partial charge in [-0.3, -0.25) is 13.9 Å². The standard InChI is InChI=1S/C26H34BrN3O6S/c1-18(26(32)28-21-7-5-6-8-21)29(16-19-9-11-20(27)12-10-19)25(31)17-30(37(4,33)34)22-13-14-23(35-2)24(15-22)36-3/h9-15,18,21H,5-8,16-17H2,1-4H3,(H,28,32)/t18-/m0/s1. The molecule has 1 saturated carbocycles. The van der Waals surface area contributed by atoms with Crippen molar-refractivity contribution in [1.82, 2.24) is 10.2 Å². The number of carbonyl (C=O) groups excluding carboxylic acids is 2. The molecule has 1 fully saturated rings. The number of rotatable bonds is 11. The number of nitrogens with zero attached hydrogens (tertiary/aromatic N) is 2. The molecule has 202 valence electrons. The number of hydrogen-bond acceptors (Lipinski definition) is 6. The topological polar surface area (TPSA) is 105 Å². The summed E-state index contributed by atoms with van der Waals surface area (Å²) in [6, 6.07) is 11.3. The van der Waals surface area contributed by atoms with E-state index in [1.54, 1.807) is 19.1 Å². The van der Waals surface area contributed by atoms with E-state index >= 15 is 0 Å². The van der Waals surface area contributed by atoms with Gasteiger partial charge in [0.2, 0.25) is 21.8 Å². The van der Waals surface area contributed by atoms with Crippen LogP contribution in [0, 0.1) is 0 Å². The Hall–Kier alpha value is -2.79. The van der Waals surface area contributed by atoms with E-state index in [1.807, 2.05) is 24.3 Å². The smallest absolute Gasteiger partial charge is 0.244 e. The third-order valence-electron chi connectivity index (χ3n) is 6.47. The largest absolute Gasteiger partial charge is 0.493 e. The number of amides is 2. The number of nitrogens with one attached hydrogen (secondary N) is 1. The monoisotopic (exact) mass is 595 g/mol. The van der Waals surface area contributed by atoms with E-state index in [1.165, 1.54) is 25.2 Å². The van der Waals surface area contributed by atoms with Crippen LogP contribution in [0.2, 0.25) is 0 Å². The summed E-state index contributed by atoms with van der Waals surface area (Å²) < 4.78 is 38.0. The maximum atomic E-state index is 13.7. The predicted octanol–water partition coefficient (Wildman–Crippen LogP) is 3.71. The van der Waals surface area contributed by atoms with Crippen LogP contribution in [0.4, 0.5) is 5.69 Å². The quantitative estimate of drug-likeness (QED) is 0.424. The van der Waals surface area contributed by atoms with Gasteiger partial charge in [0, 0.05) is 23.1 Å². The summed E-state index contributed by atoms with van der Waals surface area (Å²) in [5, 5.41) is 3.05. The van der Waals surface area contributed by atoms with E-state index < -0.39 is 28.5 Å². The Balaban J connectivity index is 1.90. The molecule has 0 radical (unpaired) electrons. The molecule has 2 aromatic rings. The van der Waals surface area contributed by atoms with Gasteiger partial charge in [0.1, 0.15) is 12.6 Å². The number of sulfonamides is 1. The second-order valence-corrected chi connectivity index (χ2v) is 11.9. The van der Waals surface area contributed by atoms with Crippen molar-refractivity contribution in [2.24, 2.45) is 0 Å². The van der Waals surface area contributed by atoms with Gasteiger partial charge in [0.25, 0.3) is 0 Å². The van der Waals surface area contributed by atoms with E-state index in [4.69, 9.17) is 9.47 Å². The molecule has 1 aliphatic rings. The lowest BCUT2D eigenvalue weighted by Gasteiger charge is -2.32. The van der Waals surface area contributed by atoms with Crippen molar-refractivity contribution >= 4 is 43.5 Å².